The van der Waals surface area contributed by atoms with Crippen molar-refractivity contribution in [2.45, 2.75) is 63.8 Å². The van der Waals surface area contributed by atoms with Gasteiger partial charge in [0.2, 0.25) is 5.91 Å². The monoisotopic (exact) mass is 238 g/mol. The lowest BCUT2D eigenvalue weighted by Crippen LogP contribution is -2.53. The molecule has 0 spiro atoms. The Morgan fingerprint density at radius 2 is 1.88 bits per heavy atom. The van der Waals surface area contributed by atoms with Gasteiger partial charge in [0.1, 0.15) is 0 Å². The van der Waals surface area contributed by atoms with E-state index >= 15 is 0 Å². The van der Waals surface area contributed by atoms with Crippen molar-refractivity contribution < 1.29 is 4.79 Å². The van der Waals surface area contributed by atoms with Gasteiger partial charge >= 0.3 is 0 Å². The zero-order chi connectivity index (χ0) is 12.3. The Bertz CT molecular complexity index is 271. The molecule has 0 aliphatic heterocycles. The summed E-state index contributed by atoms with van der Waals surface area (Å²) >= 11 is 0. The molecule has 0 heterocycles. The van der Waals surface area contributed by atoms with E-state index in [1.54, 1.807) is 0 Å². The van der Waals surface area contributed by atoms with Gasteiger partial charge in [0.25, 0.3) is 0 Å². The molecule has 0 radical (unpaired) electrons. The minimum Gasteiger partial charge on any atom is -0.354 e. The maximum Gasteiger partial charge on any atom is 0.240 e. The SMILES string of the molecule is CC1CCCCC1CNC(=O)C1(N)CCCC1. The van der Waals surface area contributed by atoms with E-state index in [4.69, 9.17) is 5.73 Å². The highest BCUT2D eigenvalue weighted by molar-refractivity contribution is 5.86. The van der Waals surface area contributed by atoms with Crippen LogP contribution >= 0.6 is 0 Å². The summed E-state index contributed by atoms with van der Waals surface area (Å²) in [7, 11) is 0. The Hall–Kier alpha value is -0.570. The van der Waals surface area contributed by atoms with Gasteiger partial charge in [0, 0.05) is 6.54 Å². The quantitative estimate of drug-likeness (QED) is 0.792. The molecule has 3 N–H and O–H groups in total. The van der Waals surface area contributed by atoms with E-state index in [-0.39, 0.29) is 5.91 Å². The van der Waals surface area contributed by atoms with Crippen LogP contribution < -0.4 is 11.1 Å². The molecular weight excluding hydrogens is 212 g/mol. The van der Waals surface area contributed by atoms with E-state index < -0.39 is 5.54 Å². The van der Waals surface area contributed by atoms with E-state index in [0.717, 1.165) is 38.1 Å². The first-order valence-electron chi connectivity index (χ1n) is 7.19. The number of amides is 1. The van der Waals surface area contributed by atoms with E-state index in [9.17, 15) is 4.79 Å². The average Bonchev–Trinajstić information content (AvgIpc) is 2.76. The summed E-state index contributed by atoms with van der Waals surface area (Å²) in [6, 6.07) is 0. The largest absolute Gasteiger partial charge is 0.354 e. The number of rotatable bonds is 3. The molecule has 2 fully saturated rings. The minimum absolute atomic E-state index is 0.0905. The van der Waals surface area contributed by atoms with Crippen molar-refractivity contribution in [3.63, 3.8) is 0 Å². The second-order valence-corrected chi connectivity index (χ2v) is 6.10. The predicted molar refractivity (Wildman–Crippen MR) is 69.5 cm³/mol. The molecule has 3 heteroatoms. The lowest BCUT2D eigenvalue weighted by atomic mass is 9.80. The first-order valence-corrected chi connectivity index (χ1v) is 7.19. The van der Waals surface area contributed by atoms with Crippen LogP contribution in [0.25, 0.3) is 0 Å². The Kier molecular flexibility index (Phi) is 4.08. The van der Waals surface area contributed by atoms with Crippen molar-refractivity contribution in [3.05, 3.63) is 0 Å². The summed E-state index contributed by atoms with van der Waals surface area (Å²) in [6.45, 7) is 3.14. The molecule has 2 rings (SSSR count). The third-order valence-electron chi connectivity index (χ3n) is 4.76. The first kappa shape index (κ1) is 12.9. The van der Waals surface area contributed by atoms with Crippen LogP contribution in [0.3, 0.4) is 0 Å². The molecule has 2 saturated carbocycles. The van der Waals surface area contributed by atoms with Crippen molar-refractivity contribution in [2.75, 3.05) is 6.54 Å². The van der Waals surface area contributed by atoms with Gasteiger partial charge in [-0.15, -0.1) is 0 Å². The van der Waals surface area contributed by atoms with Gasteiger partial charge in [-0.1, -0.05) is 39.0 Å². The number of hydrogen-bond donors (Lipinski definition) is 2. The maximum atomic E-state index is 12.1. The molecule has 3 nitrogen and oxygen atoms in total. The van der Waals surface area contributed by atoms with Crippen LogP contribution in [0.15, 0.2) is 0 Å². The lowest BCUT2D eigenvalue weighted by molar-refractivity contribution is -0.126. The molecule has 17 heavy (non-hydrogen) atoms. The Morgan fingerprint density at radius 3 is 2.53 bits per heavy atom. The molecule has 2 aliphatic rings. The van der Waals surface area contributed by atoms with Crippen molar-refractivity contribution in [3.8, 4) is 0 Å². The van der Waals surface area contributed by atoms with Gasteiger partial charge in [-0.3, -0.25) is 4.79 Å². The first-order chi connectivity index (χ1) is 8.12. The molecule has 0 aromatic rings. The van der Waals surface area contributed by atoms with E-state index in [1.165, 1.54) is 25.7 Å². The van der Waals surface area contributed by atoms with Crippen LogP contribution in [0.5, 0.6) is 0 Å². The molecule has 0 bridgehead atoms. The Morgan fingerprint density at radius 1 is 1.24 bits per heavy atom. The molecule has 2 unspecified atom stereocenters. The van der Waals surface area contributed by atoms with E-state index in [2.05, 4.69) is 12.2 Å². The molecule has 1 amide bonds. The van der Waals surface area contributed by atoms with Gasteiger partial charge in [-0.2, -0.15) is 0 Å². The number of carbonyl (C=O) groups is 1. The van der Waals surface area contributed by atoms with Crippen molar-refractivity contribution in [2.24, 2.45) is 17.6 Å². The van der Waals surface area contributed by atoms with E-state index in [1.807, 2.05) is 0 Å². The Balaban J connectivity index is 1.79. The summed E-state index contributed by atoms with van der Waals surface area (Å²) in [5, 5.41) is 3.10. The number of hydrogen-bond acceptors (Lipinski definition) is 2. The second-order valence-electron chi connectivity index (χ2n) is 6.10. The molecular formula is C14H26N2O. The molecule has 98 valence electrons. The highest BCUT2D eigenvalue weighted by Crippen LogP contribution is 2.30. The zero-order valence-electron chi connectivity index (χ0n) is 11.0. The van der Waals surface area contributed by atoms with Gasteiger partial charge < -0.3 is 11.1 Å². The van der Waals surface area contributed by atoms with Gasteiger partial charge in [-0.05, 0) is 31.1 Å². The van der Waals surface area contributed by atoms with Gasteiger partial charge in [-0.25, -0.2) is 0 Å². The van der Waals surface area contributed by atoms with E-state index in [0.29, 0.717) is 5.92 Å². The summed E-state index contributed by atoms with van der Waals surface area (Å²) < 4.78 is 0. The predicted octanol–water partition coefficient (Wildman–Crippen LogP) is 2.20. The smallest absolute Gasteiger partial charge is 0.240 e. The third kappa shape index (κ3) is 3.01. The van der Waals surface area contributed by atoms with Crippen LogP contribution in [0.4, 0.5) is 0 Å². The molecule has 2 atom stereocenters. The standard InChI is InChI=1S/C14H26N2O/c1-11-6-2-3-7-12(11)10-16-13(17)14(15)8-4-5-9-14/h11-12H,2-10,15H2,1H3,(H,16,17). The average molecular weight is 238 g/mol. The molecule has 0 aromatic carbocycles. The highest BCUT2D eigenvalue weighted by atomic mass is 16.2. The highest BCUT2D eigenvalue weighted by Gasteiger charge is 2.37. The topological polar surface area (TPSA) is 55.1 Å². The Labute approximate surface area is 105 Å². The minimum atomic E-state index is -0.558. The van der Waals surface area contributed by atoms with Crippen molar-refractivity contribution in [1.82, 2.24) is 5.32 Å². The summed E-state index contributed by atoms with van der Waals surface area (Å²) in [5.74, 6) is 1.51. The van der Waals surface area contributed by atoms with Gasteiger partial charge in [0.05, 0.1) is 5.54 Å². The van der Waals surface area contributed by atoms with Crippen LogP contribution in [0.2, 0.25) is 0 Å². The molecule has 2 aliphatic carbocycles. The summed E-state index contributed by atoms with van der Waals surface area (Å²) in [5.41, 5.74) is 5.58. The molecule has 0 saturated heterocycles. The zero-order valence-corrected chi connectivity index (χ0v) is 11.0. The van der Waals surface area contributed by atoms with Crippen LogP contribution in [-0.2, 0) is 4.79 Å². The number of nitrogens with one attached hydrogen (secondary N) is 1. The lowest BCUT2D eigenvalue weighted by Gasteiger charge is -2.30. The normalized spacial score (nSPS) is 32.4. The molecule has 0 aromatic heterocycles. The fourth-order valence-electron chi connectivity index (χ4n) is 3.33. The summed E-state index contributed by atoms with van der Waals surface area (Å²) in [6.07, 6.45) is 9.17. The van der Waals surface area contributed by atoms with Crippen LogP contribution in [0, 0.1) is 11.8 Å². The fourth-order valence-corrected chi connectivity index (χ4v) is 3.33. The maximum absolute atomic E-state index is 12.1. The third-order valence-corrected chi connectivity index (χ3v) is 4.76. The fraction of sp³-hybridized carbons (Fsp3) is 0.929. The number of carbonyl (C=O) groups excluding carboxylic acids is 1. The van der Waals surface area contributed by atoms with Crippen molar-refractivity contribution in [1.29, 1.82) is 0 Å². The van der Waals surface area contributed by atoms with Crippen LogP contribution in [0.1, 0.15) is 58.3 Å². The second kappa shape index (κ2) is 5.38. The number of nitrogens with two attached hydrogens (primary N) is 1. The van der Waals surface area contributed by atoms with Crippen LogP contribution in [-0.4, -0.2) is 18.0 Å². The van der Waals surface area contributed by atoms with Gasteiger partial charge in [0.15, 0.2) is 0 Å². The van der Waals surface area contributed by atoms with Crippen molar-refractivity contribution >= 4 is 5.91 Å². The summed E-state index contributed by atoms with van der Waals surface area (Å²) in [4.78, 5) is 12.1.